The molecule has 0 aromatic carbocycles. The Bertz CT molecular complexity index is 305. The van der Waals surface area contributed by atoms with E-state index < -0.39 is 0 Å². The molecule has 1 aliphatic rings. The van der Waals surface area contributed by atoms with Gasteiger partial charge in [0.1, 0.15) is 5.76 Å². The Balaban J connectivity index is -0.000000106. The van der Waals surface area contributed by atoms with E-state index >= 15 is 0 Å². The molecule has 0 saturated carbocycles. The van der Waals surface area contributed by atoms with Crippen LogP contribution in [-0.4, -0.2) is 7.11 Å². The van der Waals surface area contributed by atoms with Gasteiger partial charge in [-0.2, -0.15) is 0 Å². The smallest absolute Gasteiger partial charge is 0 e. The van der Waals surface area contributed by atoms with Crippen molar-refractivity contribution in [3.63, 3.8) is 0 Å². The molecule has 0 unspecified atom stereocenters. The standard InChI is InChI=1S/C9H10O.3CO.Fe/c1-10-9-7-5-3-2-4-6-8-9;3*1-2;/h2-8H,1H3;;;;/b3-2-,4-2?,5-3?,6-4-,7-5-,8-6?,9-7?,9-8+;;;;. The van der Waals surface area contributed by atoms with E-state index in [9.17, 15) is 0 Å². The van der Waals surface area contributed by atoms with E-state index in [2.05, 4.69) is 20.0 Å². The van der Waals surface area contributed by atoms with Crippen LogP contribution in [0.5, 0.6) is 0 Å². The molecule has 90 valence electrons. The number of methoxy groups -OCH3 is 1. The van der Waals surface area contributed by atoms with Crippen molar-refractivity contribution < 1.29 is 35.8 Å². The van der Waals surface area contributed by atoms with Gasteiger partial charge in [-0.05, 0) is 12.2 Å². The minimum absolute atomic E-state index is 0. The quantitative estimate of drug-likeness (QED) is 0.410. The van der Waals surface area contributed by atoms with Gasteiger partial charge < -0.3 is 4.74 Å². The molecule has 0 amide bonds. The third-order valence-electron chi connectivity index (χ3n) is 1.20. The third-order valence-corrected chi connectivity index (χ3v) is 1.20. The van der Waals surface area contributed by atoms with Crippen LogP contribution in [0.4, 0.5) is 0 Å². The zero-order valence-corrected chi connectivity index (χ0v) is 10.1. The Kier molecular flexibility index (Phi) is 42.4. The summed E-state index contributed by atoms with van der Waals surface area (Å²) < 4.78 is 27.5. The fraction of sp³-hybridized carbons (Fsp3) is 0.0833. The molecule has 0 aliphatic heterocycles. The first-order chi connectivity index (χ1) is 7.93. The molecule has 0 radical (unpaired) electrons. The molecule has 0 atom stereocenters. The van der Waals surface area contributed by atoms with E-state index in [1.54, 1.807) is 7.11 Å². The molecule has 0 saturated heterocycles. The Labute approximate surface area is 111 Å². The van der Waals surface area contributed by atoms with Crippen molar-refractivity contribution in [3.05, 3.63) is 68.2 Å². The summed E-state index contributed by atoms with van der Waals surface area (Å²) in [7, 11) is 1.66. The summed E-state index contributed by atoms with van der Waals surface area (Å²) in [6.07, 6.45) is 13.6. The van der Waals surface area contributed by atoms with Gasteiger partial charge in [-0.1, -0.05) is 30.4 Å². The van der Waals surface area contributed by atoms with Crippen LogP contribution in [0, 0.1) is 20.0 Å². The Morgan fingerprint density at radius 2 is 1.24 bits per heavy atom. The number of rotatable bonds is 1. The third kappa shape index (κ3) is 20.5. The second kappa shape index (κ2) is 29.3. The molecule has 0 fully saturated rings. The average Bonchev–Trinajstić information content (AvgIpc) is 2.36. The summed E-state index contributed by atoms with van der Waals surface area (Å²) in [6.45, 7) is 13.5. The van der Waals surface area contributed by atoms with E-state index in [0.29, 0.717) is 0 Å². The molecule has 0 spiro atoms. The SMILES string of the molecule is COC1=C/C=C\C=C/C=C\1.[C-]#[O+].[C-]#[O+].[C-]#[O+].[Fe]. The van der Waals surface area contributed by atoms with Crippen molar-refractivity contribution in [1.29, 1.82) is 0 Å². The van der Waals surface area contributed by atoms with Gasteiger partial charge >= 0.3 is 33.9 Å². The monoisotopic (exact) mass is 274 g/mol. The number of hydrogen-bond acceptors (Lipinski definition) is 1. The molecule has 5 heteroatoms. The summed E-state index contributed by atoms with van der Waals surface area (Å²) in [5, 5.41) is 0. The second-order valence-corrected chi connectivity index (χ2v) is 1.90. The van der Waals surface area contributed by atoms with Crippen molar-refractivity contribution in [2.45, 2.75) is 0 Å². The van der Waals surface area contributed by atoms with Crippen LogP contribution >= 0.6 is 0 Å². The van der Waals surface area contributed by atoms with Gasteiger partial charge in [0.25, 0.3) is 0 Å². The molecule has 4 nitrogen and oxygen atoms in total. The van der Waals surface area contributed by atoms with E-state index in [-0.39, 0.29) is 17.1 Å². The summed E-state index contributed by atoms with van der Waals surface area (Å²) >= 11 is 0. The van der Waals surface area contributed by atoms with E-state index in [1.165, 1.54) is 0 Å². The zero-order chi connectivity index (χ0) is 13.2. The molecule has 0 bridgehead atoms. The van der Waals surface area contributed by atoms with Gasteiger partial charge in [0.15, 0.2) is 0 Å². The van der Waals surface area contributed by atoms with Gasteiger partial charge in [-0.15, -0.1) is 0 Å². The first-order valence-electron chi connectivity index (χ1n) is 3.80. The van der Waals surface area contributed by atoms with Crippen LogP contribution in [0.1, 0.15) is 0 Å². The summed E-state index contributed by atoms with van der Waals surface area (Å²) in [6, 6.07) is 0. The molecule has 0 N–H and O–H groups in total. The summed E-state index contributed by atoms with van der Waals surface area (Å²) in [5.41, 5.74) is 0. The normalized spacial score (nSPS) is 18.4. The molecule has 0 aromatic heterocycles. The first kappa shape index (κ1) is 24.6. The van der Waals surface area contributed by atoms with Crippen LogP contribution < -0.4 is 0 Å². The number of ether oxygens (including phenoxy) is 1. The minimum Gasteiger partial charge on any atom is 0 e. The Hall–Kier alpha value is -1.50. The van der Waals surface area contributed by atoms with Crippen molar-refractivity contribution in [2.24, 2.45) is 0 Å². The molecule has 17 heavy (non-hydrogen) atoms. The Morgan fingerprint density at radius 1 is 0.824 bits per heavy atom. The van der Waals surface area contributed by atoms with Crippen LogP contribution in [-0.2, 0) is 35.8 Å². The summed E-state index contributed by atoms with van der Waals surface area (Å²) in [4.78, 5) is 0. The van der Waals surface area contributed by atoms with Crippen LogP contribution in [0.2, 0.25) is 0 Å². The molecule has 0 aromatic rings. The first-order valence-corrected chi connectivity index (χ1v) is 3.80. The van der Waals surface area contributed by atoms with Gasteiger partial charge in [0.2, 0.25) is 0 Å². The maximum atomic E-state index is 7.50. The fourth-order valence-electron chi connectivity index (χ4n) is 0.685. The van der Waals surface area contributed by atoms with Gasteiger partial charge in [-0.25, -0.2) is 0 Å². The Morgan fingerprint density at radius 3 is 1.71 bits per heavy atom. The van der Waals surface area contributed by atoms with Crippen LogP contribution in [0.3, 0.4) is 0 Å². The molecule has 0 heterocycles. The van der Waals surface area contributed by atoms with Gasteiger partial charge in [0, 0.05) is 17.1 Å². The number of hydrogen-bond donors (Lipinski definition) is 0. The van der Waals surface area contributed by atoms with Crippen molar-refractivity contribution in [2.75, 3.05) is 7.11 Å². The maximum absolute atomic E-state index is 7.50. The predicted molar refractivity (Wildman–Crippen MR) is 54.3 cm³/mol. The van der Waals surface area contributed by atoms with E-state index in [0.717, 1.165) is 5.76 Å². The molecule has 1 rings (SSSR count). The average molecular weight is 274 g/mol. The van der Waals surface area contributed by atoms with Crippen LogP contribution in [0.25, 0.3) is 0 Å². The number of allylic oxidation sites excluding steroid dienone is 7. The topological polar surface area (TPSA) is 68.9 Å². The second-order valence-electron chi connectivity index (χ2n) is 1.90. The van der Waals surface area contributed by atoms with Crippen molar-refractivity contribution in [1.82, 2.24) is 0 Å². The predicted octanol–water partition coefficient (Wildman–Crippen LogP) is 2.08. The maximum Gasteiger partial charge on any atom is 0 e. The van der Waals surface area contributed by atoms with Crippen molar-refractivity contribution >= 4 is 0 Å². The molecule has 1 aliphatic carbocycles. The van der Waals surface area contributed by atoms with E-state index in [4.69, 9.17) is 18.7 Å². The fourth-order valence-corrected chi connectivity index (χ4v) is 0.685. The minimum atomic E-state index is 0. The van der Waals surface area contributed by atoms with Crippen molar-refractivity contribution in [3.8, 4) is 0 Å². The summed E-state index contributed by atoms with van der Waals surface area (Å²) in [5.74, 6) is 0.876. The molecular formula is C12H10FeO4. The molecular weight excluding hydrogens is 264 g/mol. The van der Waals surface area contributed by atoms with Crippen LogP contribution in [0.15, 0.2) is 48.3 Å². The largest absolute Gasteiger partial charge is 0 e. The van der Waals surface area contributed by atoms with Gasteiger partial charge in [-0.3, -0.25) is 0 Å². The van der Waals surface area contributed by atoms with E-state index in [1.807, 2.05) is 42.5 Å². The zero-order valence-electron chi connectivity index (χ0n) is 9.03. The van der Waals surface area contributed by atoms with Gasteiger partial charge in [0.05, 0.1) is 7.11 Å².